The molecule has 34 heavy (non-hydrogen) atoms. The van der Waals surface area contributed by atoms with E-state index in [1.54, 1.807) is 24.1 Å². The number of amides is 2. The summed E-state index contributed by atoms with van der Waals surface area (Å²) in [6.07, 6.45) is 2.80. The maximum atomic E-state index is 13.3. The molecule has 2 aliphatic heterocycles. The summed E-state index contributed by atoms with van der Waals surface area (Å²) in [6.45, 7) is 5.92. The van der Waals surface area contributed by atoms with Crippen LogP contribution in [-0.4, -0.2) is 75.9 Å². The van der Waals surface area contributed by atoms with E-state index in [-0.39, 0.29) is 17.8 Å². The molecule has 1 aromatic carbocycles. The molecule has 0 radical (unpaired) electrons. The van der Waals surface area contributed by atoms with Crippen LogP contribution in [0, 0.1) is 19.7 Å². The summed E-state index contributed by atoms with van der Waals surface area (Å²) >= 11 is 0. The fraction of sp³-hybridized carbons (Fsp3) is 0.520. The van der Waals surface area contributed by atoms with Gasteiger partial charge in [0, 0.05) is 38.3 Å². The first-order valence-corrected chi connectivity index (χ1v) is 11.9. The average Bonchev–Trinajstić information content (AvgIpc) is 2.85. The van der Waals surface area contributed by atoms with Crippen molar-refractivity contribution in [3.8, 4) is 11.3 Å². The zero-order valence-electron chi connectivity index (χ0n) is 20.0. The second-order valence-corrected chi connectivity index (χ2v) is 9.28. The zero-order valence-corrected chi connectivity index (χ0v) is 20.0. The van der Waals surface area contributed by atoms with E-state index in [2.05, 4.69) is 15.1 Å². The SMILES string of the molecule is Cc1c(-c2ccc(F)cc2)nnc(N2CCC(N(C)C(=O)C3CCCCN3C(=O)O)CC2)c1C. The van der Waals surface area contributed by atoms with Crippen LogP contribution in [0.2, 0.25) is 0 Å². The normalized spacial score (nSPS) is 19.2. The molecule has 182 valence electrons. The van der Waals surface area contributed by atoms with Crippen LogP contribution in [0.4, 0.5) is 15.0 Å². The van der Waals surface area contributed by atoms with Crippen LogP contribution in [0.15, 0.2) is 24.3 Å². The molecule has 8 nitrogen and oxygen atoms in total. The molecule has 3 heterocycles. The number of anilines is 1. The lowest BCUT2D eigenvalue weighted by Crippen LogP contribution is -2.55. The Morgan fingerprint density at radius 1 is 1.00 bits per heavy atom. The van der Waals surface area contributed by atoms with E-state index in [0.29, 0.717) is 13.0 Å². The second-order valence-electron chi connectivity index (χ2n) is 9.28. The molecule has 0 spiro atoms. The Bertz CT molecular complexity index is 1050. The number of hydrogen-bond acceptors (Lipinski definition) is 5. The summed E-state index contributed by atoms with van der Waals surface area (Å²) in [6, 6.07) is 5.75. The summed E-state index contributed by atoms with van der Waals surface area (Å²) in [7, 11) is 1.80. The number of benzene rings is 1. The zero-order chi connectivity index (χ0) is 24.4. The van der Waals surface area contributed by atoms with Crippen molar-refractivity contribution < 1.29 is 19.1 Å². The highest BCUT2D eigenvalue weighted by Gasteiger charge is 2.36. The molecule has 1 N–H and O–H groups in total. The van der Waals surface area contributed by atoms with Gasteiger partial charge in [-0.05, 0) is 81.3 Å². The number of rotatable bonds is 4. The van der Waals surface area contributed by atoms with Gasteiger partial charge in [0.25, 0.3) is 0 Å². The first kappa shape index (κ1) is 23.9. The predicted molar refractivity (Wildman–Crippen MR) is 127 cm³/mol. The highest BCUT2D eigenvalue weighted by atomic mass is 19.1. The molecule has 0 saturated carbocycles. The van der Waals surface area contributed by atoms with Crippen molar-refractivity contribution >= 4 is 17.8 Å². The van der Waals surface area contributed by atoms with E-state index in [4.69, 9.17) is 0 Å². The number of aromatic nitrogens is 2. The molecular weight excluding hydrogens is 437 g/mol. The van der Waals surface area contributed by atoms with Gasteiger partial charge in [-0.25, -0.2) is 9.18 Å². The Balaban J connectivity index is 1.42. The molecule has 0 bridgehead atoms. The molecule has 2 aromatic rings. The molecule has 1 aromatic heterocycles. The minimum atomic E-state index is -1.02. The first-order valence-electron chi connectivity index (χ1n) is 11.9. The number of carbonyl (C=O) groups excluding carboxylic acids is 1. The first-order chi connectivity index (χ1) is 16.3. The number of likely N-dealkylation sites (N-methyl/N-ethyl adjacent to an activating group) is 1. The van der Waals surface area contributed by atoms with Gasteiger partial charge in [0.05, 0.1) is 5.69 Å². The third kappa shape index (κ3) is 4.69. The fourth-order valence-corrected chi connectivity index (χ4v) is 5.07. The molecule has 2 fully saturated rings. The third-order valence-corrected chi connectivity index (χ3v) is 7.31. The molecule has 9 heteroatoms. The van der Waals surface area contributed by atoms with E-state index in [0.717, 1.165) is 67.0 Å². The lowest BCUT2D eigenvalue weighted by molar-refractivity contribution is -0.138. The standard InChI is InChI=1S/C25H32FN5O3/c1-16-17(2)23(28-27-22(16)18-7-9-19(26)10-8-18)30-14-11-20(12-15-30)29(3)24(32)21-6-4-5-13-31(21)25(33)34/h7-10,20-21H,4-6,11-15H2,1-3H3,(H,33,34). The topological polar surface area (TPSA) is 89.9 Å². The van der Waals surface area contributed by atoms with Gasteiger partial charge < -0.3 is 14.9 Å². The number of carboxylic acid groups (broad SMARTS) is 1. The molecule has 1 unspecified atom stereocenters. The maximum absolute atomic E-state index is 13.3. The van der Waals surface area contributed by atoms with Crippen LogP contribution >= 0.6 is 0 Å². The number of piperidine rings is 2. The predicted octanol–water partition coefficient (Wildman–Crippen LogP) is 3.86. The van der Waals surface area contributed by atoms with Crippen LogP contribution in [-0.2, 0) is 4.79 Å². The Kier molecular flexibility index (Phi) is 7.00. The Hall–Kier alpha value is -3.23. The summed E-state index contributed by atoms with van der Waals surface area (Å²) in [5.41, 5.74) is 3.63. The highest BCUT2D eigenvalue weighted by molar-refractivity contribution is 5.85. The van der Waals surface area contributed by atoms with Crippen molar-refractivity contribution in [2.24, 2.45) is 0 Å². The van der Waals surface area contributed by atoms with E-state index in [1.807, 2.05) is 13.8 Å². The van der Waals surface area contributed by atoms with Crippen molar-refractivity contribution in [3.05, 3.63) is 41.2 Å². The largest absolute Gasteiger partial charge is 0.465 e. The smallest absolute Gasteiger partial charge is 0.407 e. The molecule has 1 atom stereocenters. The second kappa shape index (κ2) is 9.95. The summed E-state index contributed by atoms with van der Waals surface area (Å²) in [4.78, 5) is 29.9. The van der Waals surface area contributed by atoms with Crippen LogP contribution in [0.5, 0.6) is 0 Å². The number of halogens is 1. The maximum Gasteiger partial charge on any atom is 0.407 e. The molecular formula is C25H32FN5O3. The van der Waals surface area contributed by atoms with Crippen molar-refractivity contribution in [1.82, 2.24) is 20.0 Å². The monoisotopic (exact) mass is 469 g/mol. The molecule has 0 aliphatic carbocycles. The van der Waals surface area contributed by atoms with E-state index in [1.165, 1.54) is 17.0 Å². The number of hydrogen-bond donors (Lipinski definition) is 1. The highest BCUT2D eigenvalue weighted by Crippen LogP contribution is 2.30. The third-order valence-electron chi connectivity index (χ3n) is 7.31. The minimum absolute atomic E-state index is 0.0640. The van der Waals surface area contributed by atoms with Crippen molar-refractivity contribution in [2.45, 2.75) is 58.0 Å². The van der Waals surface area contributed by atoms with Gasteiger partial charge >= 0.3 is 6.09 Å². The van der Waals surface area contributed by atoms with Gasteiger partial charge in [0.1, 0.15) is 11.9 Å². The number of likely N-dealkylation sites (tertiary alicyclic amines) is 1. The Morgan fingerprint density at radius 3 is 2.32 bits per heavy atom. The minimum Gasteiger partial charge on any atom is -0.465 e. The van der Waals surface area contributed by atoms with Gasteiger partial charge in [0.2, 0.25) is 5.91 Å². The molecule has 2 amide bonds. The average molecular weight is 470 g/mol. The fourth-order valence-electron chi connectivity index (χ4n) is 5.07. The van der Waals surface area contributed by atoms with Crippen molar-refractivity contribution in [3.63, 3.8) is 0 Å². The molecule has 2 aliphatic rings. The summed E-state index contributed by atoms with van der Waals surface area (Å²) in [5.74, 6) is 0.448. The van der Waals surface area contributed by atoms with E-state index >= 15 is 0 Å². The van der Waals surface area contributed by atoms with Crippen LogP contribution < -0.4 is 4.90 Å². The van der Waals surface area contributed by atoms with Gasteiger partial charge in [-0.1, -0.05) is 0 Å². The summed E-state index contributed by atoms with van der Waals surface area (Å²) < 4.78 is 13.3. The van der Waals surface area contributed by atoms with E-state index in [9.17, 15) is 19.1 Å². The van der Waals surface area contributed by atoms with Gasteiger partial charge in [0.15, 0.2) is 5.82 Å². The van der Waals surface area contributed by atoms with Crippen LogP contribution in [0.3, 0.4) is 0 Å². The Morgan fingerprint density at radius 2 is 1.68 bits per heavy atom. The lowest BCUT2D eigenvalue weighted by Gasteiger charge is -2.41. The van der Waals surface area contributed by atoms with Gasteiger partial charge in [-0.15, -0.1) is 10.2 Å². The van der Waals surface area contributed by atoms with Gasteiger partial charge in [-0.3, -0.25) is 9.69 Å². The Labute approximate surface area is 199 Å². The molecule has 4 rings (SSSR count). The van der Waals surface area contributed by atoms with Crippen LogP contribution in [0.25, 0.3) is 11.3 Å². The molecule has 2 saturated heterocycles. The number of nitrogens with zero attached hydrogens (tertiary/aromatic N) is 5. The quantitative estimate of drug-likeness (QED) is 0.731. The van der Waals surface area contributed by atoms with E-state index < -0.39 is 12.1 Å². The van der Waals surface area contributed by atoms with Crippen molar-refractivity contribution in [2.75, 3.05) is 31.6 Å². The lowest BCUT2D eigenvalue weighted by atomic mass is 9.98. The number of carbonyl (C=O) groups is 2. The van der Waals surface area contributed by atoms with Crippen LogP contribution in [0.1, 0.15) is 43.2 Å². The van der Waals surface area contributed by atoms with Crippen molar-refractivity contribution in [1.29, 1.82) is 0 Å². The van der Waals surface area contributed by atoms with Gasteiger partial charge in [-0.2, -0.15) is 0 Å². The summed E-state index contributed by atoms with van der Waals surface area (Å²) in [5, 5.41) is 18.4.